The Bertz CT molecular complexity index is 448. The van der Waals surface area contributed by atoms with E-state index in [0.29, 0.717) is 0 Å². The van der Waals surface area contributed by atoms with Crippen LogP contribution in [0.4, 0.5) is 0 Å². The van der Waals surface area contributed by atoms with Crippen molar-refractivity contribution in [3.8, 4) is 0 Å². The standard InChI is InChI=1S/C16H23NO2/c1-3-14(11-18)17-15(19)16(8-5-9-16)13-7-4-6-12(2)10-13/h4,6-7,10,14,18H,3,5,8-9,11H2,1-2H3,(H,17,19)/t14-/m1/s1. The summed E-state index contributed by atoms with van der Waals surface area (Å²) in [6.07, 6.45) is 3.66. The molecule has 19 heavy (non-hydrogen) atoms. The molecule has 0 saturated heterocycles. The molecule has 1 atom stereocenters. The van der Waals surface area contributed by atoms with Gasteiger partial charge in [0, 0.05) is 0 Å². The van der Waals surface area contributed by atoms with Crippen molar-refractivity contribution in [3.63, 3.8) is 0 Å². The van der Waals surface area contributed by atoms with Gasteiger partial charge in [-0.05, 0) is 31.7 Å². The molecular weight excluding hydrogens is 238 g/mol. The molecule has 0 spiro atoms. The Morgan fingerprint density at radius 1 is 1.47 bits per heavy atom. The average molecular weight is 261 g/mol. The number of nitrogens with one attached hydrogen (secondary N) is 1. The average Bonchev–Trinajstić information content (AvgIpc) is 2.34. The highest BCUT2D eigenvalue weighted by molar-refractivity contribution is 5.89. The Labute approximate surface area is 115 Å². The molecule has 3 nitrogen and oxygen atoms in total. The first-order chi connectivity index (χ1) is 9.12. The number of benzene rings is 1. The van der Waals surface area contributed by atoms with Crippen LogP contribution in [0, 0.1) is 6.92 Å². The van der Waals surface area contributed by atoms with E-state index in [1.165, 1.54) is 5.56 Å². The molecule has 3 heteroatoms. The van der Waals surface area contributed by atoms with Gasteiger partial charge >= 0.3 is 0 Å². The van der Waals surface area contributed by atoms with E-state index in [0.717, 1.165) is 31.2 Å². The van der Waals surface area contributed by atoms with Crippen LogP contribution in [-0.4, -0.2) is 23.7 Å². The molecule has 2 rings (SSSR count). The Hall–Kier alpha value is -1.35. The second-order valence-electron chi connectivity index (χ2n) is 5.57. The van der Waals surface area contributed by atoms with Gasteiger partial charge < -0.3 is 10.4 Å². The predicted octanol–water partition coefficient (Wildman–Crippen LogP) is 2.30. The lowest BCUT2D eigenvalue weighted by Crippen LogP contribution is -2.52. The summed E-state index contributed by atoms with van der Waals surface area (Å²) in [5, 5.41) is 12.2. The lowest BCUT2D eigenvalue weighted by molar-refractivity contribution is -0.131. The van der Waals surface area contributed by atoms with Gasteiger partial charge in [-0.25, -0.2) is 0 Å². The summed E-state index contributed by atoms with van der Waals surface area (Å²) in [4.78, 5) is 12.6. The molecular formula is C16H23NO2. The number of carbonyl (C=O) groups is 1. The summed E-state index contributed by atoms with van der Waals surface area (Å²) >= 11 is 0. The van der Waals surface area contributed by atoms with E-state index in [4.69, 9.17) is 0 Å². The van der Waals surface area contributed by atoms with Crippen molar-refractivity contribution in [2.24, 2.45) is 0 Å². The number of rotatable bonds is 5. The minimum Gasteiger partial charge on any atom is -0.394 e. The van der Waals surface area contributed by atoms with Crippen LogP contribution in [0.15, 0.2) is 24.3 Å². The zero-order valence-corrected chi connectivity index (χ0v) is 11.8. The zero-order valence-electron chi connectivity index (χ0n) is 11.8. The smallest absolute Gasteiger partial charge is 0.230 e. The van der Waals surface area contributed by atoms with Gasteiger partial charge in [0.05, 0.1) is 18.1 Å². The van der Waals surface area contributed by atoms with Gasteiger partial charge in [0.2, 0.25) is 5.91 Å². The molecule has 1 amide bonds. The van der Waals surface area contributed by atoms with Crippen molar-refractivity contribution in [1.29, 1.82) is 0 Å². The summed E-state index contributed by atoms with van der Waals surface area (Å²) in [6, 6.07) is 8.09. The topological polar surface area (TPSA) is 49.3 Å². The highest BCUT2D eigenvalue weighted by Gasteiger charge is 2.45. The number of hydrogen-bond acceptors (Lipinski definition) is 2. The van der Waals surface area contributed by atoms with E-state index < -0.39 is 0 Å². The van der Waals surface area contributed by atoms with Gasteiger partial charge in [0.15, 0.2) is 0 Å². The molecule has 0 unspecified atom stereocenters. The van der Waals surface area contributed by atoms with Crippen molar-refractivity contribution in [1.82, 2.24) is 5.32 Å². The van der Waals surface area contributed by atoms with Crippen LogP contribution in [0.5, 0.6) is 0 Å². The van der Waals surface area contributed by atoms with E-state index in [2.05, 4.69) is 24.4 Å². The highest BCUT2D eigenvalue weighted by atomic mass is 16.3. The first kappa shape index (κ1) is 14.1. The molecule has 1 saturated carbocycles. The molecule has 0 aromatic heterocycles. The minimum absolute atomic E-state index is 0.00609. The van der Waals surface area contributed by atoms with Crippen LogP contribution in [0.25, 0.3) is 0 Å². The Morgan fingerprint density at radius 2 is 2.21 bits per heavy atom. The largest absolute Gasteiger partial charge is 0.394 e. The molecule has 1 fully saturated rings. The van der Waals surface area contributed by atoms with Crippen LogP contribution in [0.3, 0.4) is 0 Å². The molecule has 0 aliphatic heterocycles. The normalized spacial score (nSPS) is 18.5. The number of aliphatic hydroxyl groups is 1. The Balaban J connectivity index is 2.20. The fourth-order valence-corrected chi connectivity index (χ4v) is 2.72. The van der Waals surface area contributed by atoms with E-state index >= 15 is 0 Å². The quantitative estimate of drug-likeness (QED) is 0.854. The van der Waals surface area contributed by atoms with Crippen LogP contribution in [-0.2, 0) is 10.2 Å². The SMILES string of the molecule is CC[C@H](CO)NC(=O)C1(c2cccc(C)c2)CCC1. The van der Waals surface area contributed by atoms with Crippen LogP contribution >= 0.6 is 0 Å². The highest BCUT2D eigenvalue weighted by Crippen LogP contribution is 2.44. The molecule has 1 aromatic rings. The molecule has 0 heterocycles. The van der Waals surface area contributed by atoms with Crippen LogP contribution < -0.4 is 5.32 Å². The third-order valence-electron chi connectivity index (χ3n) is 4.26. The van der Waals surface area contributed by atoms with E-state index in [9.17, 15) is 9.90 Å². The van der Waals surface area contributed by atoms with Crippen molar-refractivity contribution < 1.29 is 9.90 Å². The fourth-order valence-electron chi connectivity index (χ4n) is 2.72. The Kier molecular flexibility index (Phi) is 4.25. The molecule has 104 valence electrons. The number of hydrogen-bond donors (Lipinski definition) is 2. The van der Waals surface area contributed by atoms with Crippen molar-refractivity contribution >= 4 is 5.91 Å². The van der Waals surface area contributed by atoms with E-state index in [1.807, 2.05) is 19.1 Å². The number of aliphatic hydroxyl groups excluding tert-OH is 1. The third kappa shape index (κ3) is 2.66. The van der Waals surface area contributed by atoms with Crippen molar-refractivity contribution in [2.75, 3.05) is 6.61 Å². The van der Waals surface area contributed by atoms with Crippen molar-refractivity contribution in [3.05, 3.63) is 35.4 Å². The van der Waals surface area contributed by atoms with Gasteiger partial charge in [-0.15, -0.1) is 0 Å². The van der Waals surface area contributed by atoms with Crippen LogP contribution in [0.2, 0.25) is 0 Å². The van der Waals surface area contributed by atoms with Gasteiger partial charge in [0.1, 0.15) is 0 Å². The first-order valence-corrected chi connectivity index (χ1v) is 7.11. The van der Waals surface area contributed by atoms with Gasteiger partial charge in [-0.2, -0.15) is 0 Å². The molecule has 0 radical (unpaired) electrons. The molecule has 2 N–H and O–H groups in total. The predicted molar refractivity (Wildman–Crippen MR) is 76.0 cm³/mol. The monoisotopic (exact) mass is 261 g/mol. The Morgan fingerprint density at radius 3 is 2.68 bits per heavy atom. The number of amides is 1. The van der Waals surface area contributed by atoms with Gasteiger partial charge in [-0.1, -0.05) is 43.2 Å². The number of carbonyl (C=O) groups excluding carboxylic acids is 1. The summed E-state index contributed by atoms with van der Waals surface area (Å²) in [5.74, 6) is 0.0743. The fraction of sp³-hybridized carbons (Fsp3) is 0.562. The molecule has 1 aliphatic rings. The summed E-state index contributed by atoms with van der Waals surface area (Å²) in [5.41, 5.74) is 1.93. The molecule has 0 bridgehead atoms. The lowest BCUT2D eigenvalue weighted by Gasteiger charge is -2.41. The number of aryl methyl sites for hydroxylation is 1. The maximum atomic E-state index is 12.6. The van der Waals surface area contributed by atoms with E-state index in [1.54, 1.807) is 0 Å². The molecule has 1 aromatic carbocycles. The van der Waals surface area contributed by atoms with E-state index in [-0.39, 0.29) is 24.0 Å². The summed E-state index contributed by atoms with van der Waals surface area (Å²) < 4.78 is 0. The second kappa shape index (κ2) is 5.74. The lowest BCUT2D eigenvalue weighted by atomic mass is 9.63. The van der Waals surface area contributed by atoms with Gasteiger partial charge in [0.25, 0.3) is 0 Å². The maximum Gasteiger partial charge on any atom is 0.230 e. The summed E-state index contributed by atoms with van der Waals surface area (Å²) in [7, 11) is 0. The third-order valence-corrected chi connectivity index (χ3v) is 4.26. The zero-order chi connectivity index (χ0) is 13.9. The second-order valence-corrected chi connectivity index (χ2v) is 5.57. The maximum absolute atomic E-state index is 12.6. The minimum atomic E-state index is -0.366. The molecule has 1 aliphatic carbocycles. The van der Waals surface area contributed by atoms with Crippen molar-refractivity contribution in [2.45, 2.75) is 51.0 Å². The van der Waals surface area contributed by atoms with Crippen LogP contribution in [0.1, 0.15) is 43.7 Å². The van der Waals surface area contributed by atoms with Gasteiger partial charge in [-0.3, -0.25) is 4.79 Å². The first-order valence-electron chi connectivity index (χ1n) is 7.11. The summed E-state index contributed by atoms with van der Waals surface area (Å²) in [6.45, 7) is 4.03.